The van der Waals surface area contributed by atoms with Crippen LogP contribution in [-0.2, 0) is 6.54 Å². The van der Waals surface area contributed by atoms with Crippen LogP contribution in [0.1, 0.15) is 51.0 Å². The molecule has 1 saturated heterocycles. The van der Waals surface area contributed by atoms with Crippen molar-refractivity contribution in [1.29, 1.82) is 0 Å². The predicted octanol–water partition coefficient (Wildman–Crippen LogP) is 4.61. The summed E-state index contributed by atoms with van der Waals surface area (Å²) in [6.07, 6.45) is 8.34. The van der Waals surface area contributed by atoms with Gasteiger partial charge in [-0.1, -0.05) is 37.4 Å². The van der Waals surface area contributed by atoms with Crippen LogP contribution >= 0.6 is 11.6 Å². The zero-order valence-corrected chi connectivity index (χ0v) is 13.8. The molecule has 1 aromatic carbocycles. The monoisotopic (exact) mass is 306 g/mol. The molecule has 0 radical (unpaired) electrons. The molecule has 0 bridgehead atoms. The van der Waals surface area contributed by atoms with Gasteiger partial charge in [-0.25, -0.2) is 0 Å². The molecular formula is C18H27ClN2. The maximum absolute atomic E-state index is 6.30. The standard InChI is InChI=1S/C18H27ClN2/c1-2-20-13-15-9-10-16(19)12-18(15)21-11-5-7-14-6-3-4-8-17(14)21/h9-10,12,14,17,20H,2-8,11,13H2,1H3/t14-,17-/m1/s1. The van der Waals surface area contributed by atoms with E-state index in [2.05, 4.69) is 29.3 Å². The Morgan fingerprint density at radius 1 is 1.19 bits per heavy atom. The smallest absolute Gasteiger partial charge is 0.0429 e. The van der Waals surface area contributed by atoms with Gasteiger partial charge in [0.15, 0.2) is 0 Å². The first-order valence-corrected chi connectivity index (χ1v) is 8.93. The Morgan fingerprint density at radius 3 is 2.86 bits per heavy atom. The van der Waals surface area contributed by atoms with Gasteiger partial charge in [-0.3, -0.25) is 0 Å². The van der Waals surface area contributed by atoms with Gasteiger partial charge in [0.1, 0.15) is 0 Å². The Hall–Kier alpha value is -0.730. The Bertz CT molecular complexity index is 472. The van der Waals surface area contributed by atoms with E-state index in [1.54, 1.807) is 0 Å². The van der Waals surface area contributed by atoms with Crippen molar-refractivity contribution in [2.45, 2.75) is 58.0 Å². The molecule has 2 atom stereocenters. The lowest BCUT2D eigenvalue weighted by Gasteiger charge is -2.46. The van der Waals surface area contributed by atoms with E-state index in [1.165, 1.54) is 56.3 Å². The number of halogens is 1. The lowest BCUT2D eigenvalue weighted by Crippen LogP contribution is -2.47. The average molecular weight is 307 g/mol. The van der Waals surface area contributed by atoms with E-state index in [4.69, 9.17) is 11.6 Å². The van der Waals surface area contributed by atoms with E-state index in [-0.39, 0.29) is 0 Å². The second-order valence-corrected chi connectivity index (χ2v) is 6.94. The van der Waals surface area contributed by atoms with Crippen LogP contribution in [0, 0.1) is 5.92 Å². The molecule has 0 amide bonds. The summed E-state index contributed by atoms with van der Waals surface area (Å²) < 4.78 is 0. The lowest BCUT2D eigenvalue weighted by atomic mass is 9.78. The van der Waals surface area contributed by atoms with Crippen molar-refractivity contribution in [2.75, 3.05) is 18.0 Å². The van der Waals surface area contributed by atoms with Gasteiger partial charge in [0, 0.05) is 29.8 Å². The van der Waals surface area contributed by atoms with E-state index < -0.39 is 0 Å². The van der Waals surface area contributed by atoms with Crippen LogP contribution in [0.15, 0.2) is 18.2 Å². The SMILES string of the molecule is CCNCc1ccc(Cl)cc1N1CCC[C@H]2CCCC[C@H]21. The summed E-state index contributed by atoms with van der Waals surface area (Å²) in [5, 5.41) is 4.33. The van der Waals surface area contributed by atoms with Crippen LogP contribution in [0.25, 0.3) is 0 Å². The fourth-order valence-corrected chi connectivity index (χ4v) is 4.30. The van der Waals surface area contributed by atoms with Crippen LogP contribution in [0.4, 0.5) is 5.69 Å². The van der Waals surface area contributed by atoms with Crippen molar-refractivity contribution in [2.24, 2.45) is 5.92 Å². The number of hydrogen-bond donors (Lipinski definition) is 1. The van der Waals surface area contributed by atoms with Crippen LogP contribution in [0.5, 0.6) is 0 Å². The first-order valence-electron chi connectivity index (χ1n) is 8.55. The zero-order chi connectivity index (χ0) is 14.7. The highest BCUT2D eigenvalue weighted by molar-refractivity contribution is 6.30. The number of piperidine rings is 1. The zero-order valence-electron chi connectivity index (χ0n) is 13.1. The van der Waals surface area contributed by atoms with Gasteiger partial charge in [0.2, 0.25) is 0 Å². The van der Waals surface area contributed by atoms with Gasteiger partial charge in [-0.05, 0) is 55.8 Å². The van der Waals surface area contributed by atoms with Crippen molar-refractivity contribution in [1.82, 2.24) is 5.32 Å². The van der Waals surface area contributed by atoms with Gasteiger partial charge in [0.25, 0.3) is 0 Å². The topological polar surface area (TPSA) is 15.3 Å². The molecule has 2 nitrogen and oxygen atoms in total. The van der Waals surface area contributed by atoms with Crippen molar-refractivity contribution < 1.29 is 0 Å². The molecule has 1 aliphatic carbocycles. The van der Waals surface area contributed by atoms with E-state index >= 15 is 0 Å². The third-order valence-corrected chi connectivity index (χ3v) is 5.40. The Labute approximate surface area is 133 Å². The summed E-state index contributed by atoms with van der Waals surface area (Å²) in [6, 6.07) is 7.16. The fourth-order valence-electron chi connectivity index (χ4n) is 4.14. The lowest BCUT2D eigenvalue weighted by molar-refractivity contribution is 0.243. The molecule has 21 heavy (non-hydrogen) atoms. The molecule has 3 rings (SSSR count). The molecule has 0 spiro atoms. The van der Waals surface area contributed by atoms with Gasteiger partial charge in [0.05, 0.1) is 0 Å². The van der Waals surface area contributed by atoms with Gasteiger partial charge < -0.3 is 10.2 Å². The summed E-state index contributed by atoms with van der Waals surface area (Å²) in [4.78, 5) is 2.67. The highest BCUT2D eigenvalue weighted by Gasteiger charge is 2.34. The maximum Gasteiger partial charge on any atom is 0.0429 e. The molecule has 1 saturated carbocycles. The van der Waals surface area contributed by atoms with Crippen molar-refractivity contribution in [3.05, 3.63) is 28.8 Å². The molecule has 0 aromatic heterocycles. The second-order valence-electron chi connectivity index (χ2n) is 6.50. The molecule has 1 heterocycles. The van der Waals surface area contributed by atoms with E-state index in [9.17, 15) is 0 Å². The summed E-state index contributed by atoms with van der Waals surface area (Å²) in [7, 11) is 0. The molecule has 116 valence electrons. The summed E-state index contributed by atoms with van der Waals surface area (Å²) in [5.41, 5.74) is 2.77. The molecule has 1 aromatic rings. The molecule has 0 unspecified atom stereocenters. The largest absolute Gasteiger partial charge is 0.368 e. The van der Waals surface area contributed by atoms with E-state index in [0.717, 1.165) is 30.1 Å². The van der Waals surface area contributed by atoms with Gasteiger partial charge in [-0.2, -0.15) is 0 Å². The summed E-state index contributed by atoms with van der Waals surface area (Å²) >= 11 is 6.30. The Kier molecular flexibility index (Phi) is 5.07. The first-order chi connectivity index (χ1) is 10.3. The molecular weight excluding hydrogens is 280 g/mol. The highest BCUT2D eigenvalue weighted by Crippen LogP contribution is 2.39. The van der Waals surface area contributed by atoms with Crippen LogP contribution in [0.2, 0.25) is 5.02 Å². The average Bonchev–Trinajstić information content (AvgIpc) is 2.53. The maximum atomic E-state index is 6.30. The number of nitrogens with zero attached hydrogens (tertiary/aromatic N) is 1. The summed E-state index contributed by atoms with van der Waals surface area (Å²) in [6.45, 7) is 5.30. The van der Waals surface area contributed by atoms with Crippen molar-refractivity contribution >= 4 is 17.3 Å². The molecule has 2 aliphatic rings. The Morgan fingerprint density at radius 2 is 2.00 bits per heavy atom. The third kappa shape index (κ3) is 3.37. The van der Waals surface area contributed by atoms with Crippen molar-refractivity contribution in [3.63, 3.8) is 0 Å². The third-order valence-electron chi connectivity index (χ3n) is 5.17. The second kappa shape index (κ2) is 7.02. The quantitative estimate of drug-likeness (QED) is 0.874. The molecule has 1 aliphatic heterocycles. The number of benzene rings is 1. The van der Waals surface area contributed by atoms with E-state index in [1.807, 2.05) is 6.07 Å². The van der Waals surface area contributed by atoms with Crippen molar-refractivity contribution in [3.8, 4) is 0 Å². The minimum absolute atomic E-state index is 0.742. The molecule has 1 N–H and O–H groups in total. The number of rotatable bonds is 4. The first kappa shape index (κ1) is 15.2. The van der Waals surface area contributed by atoms with Crippen LogP contribution in [-0.4, -0.2) is 19.1 Å². The minimum atomic E-state index is 0.742. The number of hydrogen-bond acceptors (Lipinski definition) is 2. The van der Waals surface area contributed by atoms with Crippen LogP contribution < -0.4 is 10.2 Å². The number of fused-ring (bicyclic) bond motifs is 1. The van der Waals surface area contributed by atoms with E-state index in [0.29, 0.717) is 0 Å². The Balaban J connectivity index is 1.88. The van der Waals surface area contributed by atoms with Gasteiger partial charge >= 0.3 is 0 Å². The number of nitrogens with one attached hydrogen (secondary N) is 1. The summed E-state index contributed by atoms with van der Waals surface area (Å²) in [5.74, 6) is 0.901. The minimum Gasteiger partial charge on any atom is -0.368 e. The number of anilines is 1. The predicted molar refractivity (Wildman–Crippen MR) is 91.2 cm³/mol. The van der Waals surface area contributed by atoms with Crippen LogP contribution in [0.3, 0.4) is 0 Å². The fraction of sp³-hybridized carbons (Fsp3) is 0.667. The molecule has 2 fully saturated rings. The van der Waals surface area contributed by atoms with Gasteiger partial charge in [-0.15, -0.1) is 0 Å². The normalized spacial score (nSPS) is 25.7. The highest BCUT2D eigenvalue weighted by atomic mass is 35.5. The molecule has 3 heteroatoms.